The van der Waals surface area contributed by atoms with Crippen molar-refractivity contribution in [2.24, 2.45) is 23.5 Å². The number of piperidine rings is 1. The Morgan fingerprint density at radius 3 is 2.81 bits per heavy atom. The van der Waals surface area contributed by atoms with Gasteiger partial charge in [0.2, 0.25) is 11.8 Å². The van der Waals surface area contributed by atoms with E-state index in [0.717, 1.165) is 23.4 Å². The number of nitrogens with two attached hydrogens (primary N) is 1. The van der Waals surface area contributed by atoms with Gasteiger partial charge >= 0.3 is 0 Å². The van der Waals surface area contributed by atoms with Gasteiger partial charge in [0.25, 0.3) is 0 Å². The third kappa shape index (κ3) is 2.79. The van der Waals surface area contributed by atoms with E-state index in [2.05, 4.69) is 0 Å². The van der Waals surface area contributed by atoms with Crippen molar-refractivity contribution in [3.63, 3.8) is 0 Å². The fourth-order valence-corrected chi connectivity index (χ4v) is 4.13. The maximum atomic E-state index is 12.5. The number of nitrogens with zero attached hydrogens (tertiary/aromatic N) is 1. The van der Waals surface area contributed by atoms with E-state index in [1.165, 1.54) is 0 Å². The van der Waals surface area contributed by atoms with Crippen LogP contribution >= 0.6 is 11.8 Å². The van der Waals surface area contributed by atoms with Crippen LogP contribution in [0.15, 0.2) is 29.2 Å². The van der Waals surface area contributed by atoms with E-state index in [4.69, 9.17) is 5.73 Å². The van der Waals surface area contributed by atoms with Crippen molar-refractivity contribution in [2.75, 3.05) is 19.3 Å². The highest BCUT2D eigenvalue weighted by Crippen LogP contribution is 2.51. The molecule has 0 unspecified atom stereocenters. The quantitative estimate of drug-likeness (QED) is 0.858. The average Bonchev–Trinajstić information content (AvgIpc) is 3.21. The fourth-order valence-electron chi connectivity index (χ4n) is 3.51. The molecular formula is C16H20N2O2S. The smallest absolute Gasteiger partial charge is 0.227 e. The van der Waals surface area contributed by atoms with Crippen molar-refractivity contribution in [3.05, 3.63) is 29.8 Å². The molecule has 1 aliphatic heterocycles. The molecule has 0 radical (unpaired) electrons. The minimum Gasteiger partial charge on any atom is -0.369 e. The molecule has 0 spiro atoms. The van der Waals surface area contributed by atoms with Gasteiger partial charge in [-0.3, -0.25) is 9.59 Å². The second-order valence-electron chi connectivity index (χ2n) is 5.87. The first-order valence-electron chi connectivity index (χ1n) is 7.30. The second-order valence-corrected chi connectivity index (χ2v) is 6.72. The van der Waals surface area contributed by atoms with Gasteiger partial charge in [-0.1, -0.05) is 18.2 Å². The van der Waals surface area contributed by atoms with Gasteiger partial charge in [0, 0.05) is 23.9 Å². The summed E-state index contributed by atoms with van der Waals surface area (Å²) in [4.78, 5) is 26.8. The zero-order valence-corrected chi connectivity index (χ0v) is 12.9. The van der Waals surface area contributed by atoms with Crippen LogP contribution in [0.4, 0.5) is 0 Å². The van der Waals surface area contributed by atoms with Crippen LogP contribution in [0.3, 0.4) is 0 Å². The van der Waals surface area contributed by atoms with Gasteiger partial charge in [-0.05, 0) is 36.1 Å². The van der Waals surface area contributed by atoms with E-state index in [-0.39, 0.29) is 17.7 Å². The summed E-state index contributed by atoms with van der Waals surface area (Å²) in [6.07, 6.45) is 3.38. The topological polar surface area (TPSA) is 63.4 Å². The Morgan fingerprint density at radius 1 is 1.33 bits per heavy atom. The summed E-state index contributed by atoms with van der Waals surface area (Å²) in [5.41, 5.74) is 6.48. The lowest BCUT2D eigenvalue weighted by Crippen LogP contribution is -2.38. The lowest BCUT2D eigenvalue weighted by Gasteiger charge is -2.26. The molecule has 1 aliphatic carbocycles. The van der Waals surface area contributed by atoms with E-state index < -0.39 is 0 Å². The van der Waals surface area contributed by atoms with Crippen molar-refractivity contribution in [1.82, 2.24) is 4.90 Å². The van der Waals surface area contributed by atoms with E-state index >= 15 is 0 Å². The lowest BCUT2D eigenvalue weighted by atomic mass is 10.1. The molecule has 112 valence electrons. The Morgan fingerprint density at radius 2 is 2.10 bits per heavy atom. The summed E-state index contributed by atoms with van der Waals surface area (Å²) in [6, 6.07) is 8.02. The second kappa shape index (κ2) is 5.72. The number of amides is 2. The van der Waals surface area contributed by atoms with E-state index in [1.54, 1.807) is 11.8 Å². The third-order valence-corrected chi connectivity index (χ3v) is 5.55. The summed E-state index contributed by atoms with van der Waals surface area (Å²) in [5.74, 6) is 0.680. The first kappa shape index (κ1) is 14.4. The van der Waals surface area contributed by atoms with Crippen molar-refractivity contribution in [3.8, 4) is 0 Å². The van der Waals surface area contributed by atoms with Gasteiger partial charge in [0.05, 0.1) is 6.42 Å². The first-order valence-corrected chi connectivity index (χ1v) is 8.53. The molecule has 1 aromatic carbocycles. The summed E-state index contributed by atoms with van der Waals surface area (Å²) in [6.45, 7) is 1.45. The molecule has 2 aliphatic rings. The highest BCUT2D eigenvalue weighted by molar-refractivity contribution is 7.98. The van der Waals surface area contributed by atoms with Crippen LogP contribution in [0.1, 0.15) is 12.0 Å². The molecule has 1 aromatic rings. The minimum atomic E-state index is -0.202. The molecule has 0 aromatic heterocycles. The number of carbonyl (C=O) groups is 2. The number of likely N-dealkylation sites (tertiary alicyclic amines) is 1. The van der Waals surface area contributed by atoms with E-state index in [9.17, 15) is 9.59 Å². The van der Waals surface area contributed by atoms with Gasteiger partial charge in [0.15, 0.2) is 0 Å². The Labute approximate surface area is 129 Å². The summed E-state index contributed by atoms with van der Waals surface area (Å²) in [5, 5.41) is 0. The van der Waals surface area contributed by atoms with Crippen molar-refractivity contribution >= 4 is 23.6 Å². The predicted octanol–water partition coefficient (Wildman–Crippen LogP) is 1.53. The summed E-state index contributed by atoms with van der Waals surface area (Å²) < 4.78 is 0. The van der Waals surface area contributed by atoms with E-state index in [1.807, 2.05) is 35.4 Å². The molecule has 3 rings (SSSR count). The molecule has 1 saturated carbocycles. The van der Waals surface area contributed by atoms with Gasteiger partial charge in [-0.2, -0.15) is 0 Å². The van der Waals surface area contributed by atoms with Gasteiger partial charge in [-0.15, -0.1) is 11.8 Å². The first-order chi connectivity index (χ1) is 10.1. The predicted molar refractivity (Wildman–Crippen MR) is 82.8 cm³/mol. The number of hydrogen-bond donors (Lipinski definition) is 1. The standard InChI is InChI=1S/C16H20N2O2S/c1-21-13-5-3-2-4-10(13)8-14(19)18-7-6-11-12(9-18)15(11)16(17)20/h2-5,11-12,15H,6-9H2,1H3,(H2,17,20)/t11-,12+,15+/m1/s1. The van der Waals surface area contributed by atoms with Crippen LogP contribution in [-0.4, -0.2) is 36.1 Å². The number of fused-ring (bicyclic) bond motifs is 1. The molecule has 0 bridgehead atoms. The van der Waals surface area contributed by atoms with Gasteiger partial charge in [-0.25, -0.2) is 0 Å². The van der Waals surface area contributed by atoms with Crippen LogP contribution in [0.25, 0.3) is 0 Å². The number of thioether (sulfide) groups is 1. The molecule has 1 heterocycles. The van der Waals surface area contributed by atoms with Gasteiger partial charge < -0.3 is 10.6 Å². The molecule has 4 nitrogen and oxygen atoms in total. The molecule has 21 heavy (non-hydrogen) atoms. The molecule has 3 atom stereocenters. The van der Waals surface area contributed by atoms with Crippen molar-refractivity contribution in [1.29, 1.82) is 0 Å². The van der Waals surface area contributed by atoms with Crippen LogP contribution in [0, 0.1) is 17.8 Å². The highest BCUT2D eigenvalue weighted by atomic mass is 32.2. The lowest BCUT2D eigenvalue weighted by molar-refractivity contribution is -0.131. The average molecular weight is 304 g/mol. The Balaban J connectivity index is 1.63. The van der Waals surface area contributed by atoms with Crippen LogP contribution < -0.4 is 5.73 Å². The molecular weight excluding hydrogens is 284 g/mol. The largest absolute Gasteiger partial charge is 0.369 e. The minimum absolute atomic E-state index is 0.00119. The molecule has 2 fully saturated rings. The van der Waals surface area contributed by atoms with Crippen LogP contribution in [0.2, 0.25) is 0 Å². The van der Waals surface area contributed by atoms with E-state index in [0.29, 0.717) is 24.8 Å². The molecule has 2 N–H and O–H groups in total. The number of carbonyl (C=O) groups excluding carboxylic acids is 2. The number of rotatable bonds is 4. The maximum absolute atomic E-state index is 12.5. The zero-order valence-electron chi connectivity index (χ0n) is 12.1. The van der Waals surface area contributed by atoms with Crippen LogP contribution in [0.5, 0.6) is 0 Å². The number of benzene rings is 1. The summed E-state index contributed by atoms with van der Waals surface area (Å²) >= 11 is 1.67. The monoisotopic (exact) mass is 304 g/mol. The van der Waals surface area contributed by atoms with Crippen molar-refractivity contribution < 1.29 is 9.59 Å². The Bertz CT molecular complexity index is 575. The fraction of sp³-hybridized carbons (Fsp3) is 0.500. The van der Waals surface area contributed by atoms with Crippen LogP contribution in [-0.2, 0) is 16.0 Å². The Kier molecular flexibility index (Phi) is 3.93. The molecule has 5 heteroatoms. The van der Waals surface area contributed by atoms with Crippen molar-refractivity contribution in [2.45, 2.75) is 17.7 Å². The highest BCUT2D eigenvalue weighted by Gasteiger charge is 2.56. The molecule has 2 amide bonds. The normalized spacial score (nSPS) is 27.1. The zero-order chi connectivity index (χ0) is 15.0. The summed E-state index contributed by atoms with van der Waals surface area (Å²) in [7, 11) is 0. The third-order valence-electron chi connectivity index (χ3n) is 4.71. The maximum Gasteiger partial charge on any atom is 0.227 e. The number of hydrogen-bond acceptors (Lipinski definition) is 3. The SMILES string of the molecule is CSc1ccccc1CC(=O)N1CC[C@@H]2[C@H](C1)[C@H]2C(N)=O. The van der Waals surface area contributed by atoms with Gasteiger partial charge in [0.1, 0.15) is 0 Å². The Hall–Kier alpha value is -1.49. The number of primary amides is 1. The molecule has 1 saturated heterocycles.